The van der Waals surface area contributed by atoms with Crippen LogP contribution in [0.4, 0.5) is 0 Å². The zero-order chi connectivity index (χ0) is 0. The third-order valence-corrected chi connectivity index (χ3v) is 0. The van der Waals surface area contributed by atoms with Crippen molar-refractivity contribution in [3.63, 3.8) is 0 Å². The predicted octanol–water partition coefficient (Wildman–Crippen LogP) is -1.00. The summed E-state index contributed by atoms with van der Waals surface area (Å²) >= 11 is 0. The number of hydrogen-bond acceptors (Lipinski definition) is 0. The molecule has 0 saturated heterocycles. The van der Waals surface area contributed by atoms with Gasteiger partial charge in [0.05, 0.1) is 0 Å². The molecular formula is In2O2Zn2+6. The molecule has 0 aromatic carbocycles. The largest absolute Gasteiger partial charge is 3.00 e. The molecule has 0 atom stereocenters. The van der Waals surface area contributed by atoms with Crippen LogP contribution in [-0.2, 0) is 49.9 Å². The second-order valence-electron chi connectivity index (χ2n) is 0. The Labute approximate surface area is 99.9 Å². The van der Waals surface area contributed by atoms with E-state index in [0.29, 0.717) is 0 Å². The molecule has 0 aliphatic carbocycles. The van der Waals surface area contributed by atoms with Crippen molar-refractivity contribution in [2.24, 2.45) is 0 Å². The molecule has 0 bridgehead atoms. The first-order valence-corrected chi connectivity index (χ1v) is 0. The van der Waals surface area contributed by atoms with Gasteiger partial charge in [0.15, 0.2) is 0 Å². The topological polar surface area (TPSA) is 57.0 Å². The van der Waals surface area contributed by atoms with E-state index in [2.05, 4.69) is 0 Å². The smallest absolute Gasteiger partial charge is 2.00 e. The molecule has 0 amide bonds. The van der Waals surface area contributed by atoms with Crippen LogP contribution in [0.2, 0.25) is 0 Å². The molecule has 0 aromatic heterocycles. The van der Waals surface area contributed by atoms with Gasteiger partial charge in [-0.2, -0.15) is 0 Å². The van der Waals surface area contributed by atoms with Gasteiger partial charge in [-0.05, 0) is 0 Å². The third-order valence-electron chi connectivity index (χ3n) is 0. The van der Waals surface area contributed by atoms with E-state index in [1.807, 2.05) is 0 Å². The molecule has 0 N–H and O–H groups in total. The SMILES string of the molecule is [In+3].[In+3].[O-2].[O-2].[Zn+2].[Zn+2]. The number of hydrogen-bond donors (Lipinski definition) is 0. The molecule has 0 saturated carbocycles. The molecule has 0 fully saturated rings. The van der Waals surface area contributed by atoms with E-state index in [1.165, 1.54) is 0 Å². The Hall–Kier alpha value is 2.91. The van der Waals surface area contributed by atoms with Crippen molar-refractivity contribution in [1.82, 2.24) is 0 Å². The Balaban J connectivity index is 0. The Morgan fingerprint density at radius 3 is 0.500 bits per heavy atom. The van der Waals surface area contributed by atoms with Gasteiger partial charge >= 0.3 is 90.6 Å². The summed E-state index contributed by atoms with van der Waals surface area (Å²) < 4.78 is 0. The normalized spacial score (nSPS) is 0. The summed E-state index contributed by atoms with van der Waals surface area (Å²) in [6, 6.07) is 0. The molecule has 16 valence electrons. The molecule has 0 aliphatic heterocycles. The van der Waals surface area contributed by atoms with Gasteiger partial charge in [0.2, 0.25) is 0 Å². The maximum atomic E-state index is 0. The van der Waals surface area contributed by atoms with Crippen LogP contribution in [0.1, 0.15) is 0 Å². The maximum Gasteiger partial charge on any atom is 3.00 e. The Morgan fingerprint density at radius 1 is 0.500 bits per heavy atom. The van der Waals surface area contributed by atoms with E-state index in [0.717, 1.165) is 0 Å². The van der Waals surface area contributed by atoms with Crippen molar-refractivity contribution in [3.05, 3.63) is 0 Å². The summed E-state index contributed by atoms with van der Waals surface area (Å²) in [5.74, 6) is 0. The first-order chi connectivity index (χ1) is 0. The van der Waals surface area contributed by atoms with Crippen LogP contribution in [0.3, 0.4) is 0 Å². The van der Waals surface area contributed by atoms with Gasteiger partial charge in [-0.1, -0.05) is 0 Å². The number of rotatable bonds is 0. The van der Waals surface area contributed by atoms with Crippen LogP contribution >= 0.6 is 0 Å². The van der Waals surface area contributed by atoms with Crippen LogP contribution in [0.25, 0.3) is 0 Å². The van der Waals surface area contributed by atoms with Gasteiger partial charge in [-0.3, -0.25) is 0 Å². The minimum atomic E-state index is 0. The molecule has 0 aliphatic rings. The summed E-state index contributed by atoms with van der Waals surface area (Å²) in [6.07, 6.45) is 0. The second kappa shape index (κ2) is 44.6. The first kappa shape index (κ1) is 65.9. The van der Waals surface area contributed by atoms with Gasteiger partial charge in [0.25, 0.3) is 0 Å². The summed E-state index contributed by atoms with van der Waals surface area (Å²) in [5, 5.41) is 0. The Bertz CT molecular complexity index is 9.51. The first-order valence-electron chi connectivity index (χ1n) is 0. The quantitative estimate of drug-likeness (QED) is 0.475. The van der Waals surface area contributed by atoms with Crippen LogP contribution in [0.5, 0.6) is 0 Å². The minimum absolute atomic E-state index is 0. The van der Waals surface area contributed by atoms with Crippen molar-refractivity contribution in [2.75, 3.05) is 0 Å². The van der Waals surface area contributed by atoms with Crippen molar-refractivity contribution < 1.29 is 49.9 Å². The molecule has 0 radical (unpaired) electrons. The van der Waals surface area contributed by atoms with E-state index < -0.39 is 0 Å². The van der Waals surface area contributed by atoms with Gasteiger partial charge in [0.1, 0.15) is 0 Å². The van der Waals surface area contributed by atoms with E-state index in [1.54, 1.807) is 0 Å². The van der Waals surface area contributed by atoms with E-state index in [4.69, 9.17) is 0 Å². The standard InChI is InChI=1S/2In.2O.2Zn/q2*+3;2*-2;2*+2. The van der Waals surface area contributed by atoms with Gasteiger partial charge in [-0.25, -0.2) is 0 Å². The zero-order valence-electron chi connectivity index (χ0n) is 3.39. The average molecular weight is 392 g/mol. The maximum absolute atomic E-state index is 0. The summed E-state index contributed by atoms with van der Waals surface area (Å²) in [5.41, 5.74) is 0. The minimum Gasteiger partial charge on any atom is -2.00 e. The second-order valence-corrected chi connectivity index (χ2v) is 0. The average Bonchev–Trinajstić information content (AvgIpc) is 0. The van der Waals surface area contributed by atoms with Crippen LogP contribution in [-0.4, -0.2) is 51.7 Å². The summed E-state index contributed by atoms with van der Waals surface area (Å²) in [6.45, 7) is 0. The van der Waals surface area contributed by atoms with Crippen molar-refractivity contribution in [3.8, 4) is 0 Å². The molecular weight excluding hydrogens is 392 g/mol. The van der Waals surface area contributed by atoms with Crippen LogP contribution in [0.15, 0.2) is 0 Å². The van der Waals surface area contributed by atoms with Crippen molar-refractivity contribution in [1.29, 1.82) is 0 Å². The molecule has 6 heavy (non-hydrogen) atoms. The molecule has 0 spiro atoms. The van der Waals surface area contributed by atoms with E-state index >= 15 is 0 Å². The van der Waals surface area contributed by atoms with Crippen LogP contribution < -0.4 is 0 Å². The predicted molar refractivity (Wildman–Crippen MR) is 12.9 cm³/mol. The molecule has 0 heterocycles. The van der Waals surface area contributed by atoms with Crippen molar-refractivity contribution >= 4 is 51.7 Å². The fraction of sp³-hybridized carbons (Fsp3) is 0. The summed E-state index contributed by atoms with van der Waals surface area (Å²) in [4.78, 5) is 0. The molecule has 6 heteroatoms. The molecule has 0 rings (SSSR count). The third kappa shape index (κ3) is 28.5. The zero-order valence-corrected chi connectivity index (χ0v) is 15.9. The molecule has 2 nitrogen and oxygen atoms in total. The van der Waals surface area contributed by atoms with E-state index in [-0.39, 0.29) is 102 Å². The van der Waals surface area contributed by atoms with E-state index in [9.17, 15) is 0 Å². The van der Waals surface area contributed by atoms with Gasteiger partial charge in [0, 0.05) is 0 Å². The fourth-order valence-corrected chi connectivity index (χ4v) is 0. The summed E-state index contributed by atoms with van der Waals surface area (Å²) in [7, 11) is 0. The van der Waals surface area contributed by atoms with Crippen LogP contribution in [0, 0.1) is 0 Å². The molecule has 0 unspecified atom stereocenters. The van der Waals surface area contributed by atoms with Gasteiger partial charge < -0.3 is 11.0 Å². The molecule has 0 aromatic rings. The van der Waals surface area contributed by atoms with Gasteiger partial charge in [-0.15, -0.1) is 0 Å². The van der Waals surface area contributed by atoms with Crippen molar-refractivity contribution in [2.45, 2.75) is 0 Å². The Kier molecular flexibility index (Phi) is 490. The Morgan fingerprint density at radius 2 is 0.500 bits per heavy atom. The fourth-order valence-electron chi connectivity index (χ4n) is 0. The monoisotopic (exact) mass is 390 g/mol.